The van der Waals surface area contributed by atoms with E-state index in [2.05, 4.69) is 33.5 Å². The first-order chi connectivity index (χ1) is 10.5. The number of nitrogens with one attached hydrogen (secondary N) is 2. The lowest BCUT2D eigenvalue weighted by atomic mass is 9.89. The highest BCUT2D eigenvalue weighted by atomic mass is 79.9. The Bertz CT molecular complexity index is 630. The standard InChI is InChI=1S/C18H21BrN2O/c1-3-18(2,15-10-5-4-6-11-15)21-17(22)20-13-14-9-7-8-12-16(14)19/h4-12H,3,13H2,1-2H3,(H2,20,21,22). The van der Waals surface area contributed by atoms with Gasteiger partial charge in [0, 0.05) is 11.0 Å². The minimum absolute atomic E-state index is 0.163. The van der Waals surface area contributed by atoms with Crippen molar-refractivity contribution < 1.29 is 4.79 Å². The van der Waals surface area contributed by atoms with E-state index in [0.717, 1.165) is 22.0 Å². The molecule has 0 saturated heterocycles. The number of urea groups is 1. The maximum absolute atomic E-state index is 12.2. The summed E-state index contributed by atoms with van der Waals surface area (Å²) in [6, 6.07) is 17.7. The van der Waals surface area contributed by atoms with E-state index >= 15 is 0 Å². The molecule has 0 bridgehead atoms. The first-order valence-electron chi connectivity index (χ1n) is 7.40. The van der Waals surface area contributed by atoms with Crippen molar-refractivity contribution >= 4 is 22.0 Å². The number of carbonyl (C=O) groups excluding carboxylic acids is 1. The average molecular weight is 361 g/mol. The molecule has 1 atom stereocenters. The van der Waals surface area contributed by atoms with Crippen molar-refractivity contribution in [3.8, 4) is 0 Å². The number of hydrogen-bond acceptors (Lipinski definition) is 1. The van der Waals surface area contributed by atoms with Gasteiger partial charge < -0.3 is 10.6 Å². The van der Waals surface area contributed by atoms with Crippen LogP contribution in [0.2, 0.25) is 0 Å². The zero-order valence-corrected chi connectivity index (χ0v) is 14.5. The van der Waals surface area contributed by atoms with Gasteiger partial charge in [-0.3, -0.25) is 0 Å². The molecule has 0 aliphatic heterocycles. The second-order valence-electron chi connectivity index (χ2n) is 5.45. The van der Waals surface area contributed by atoms with Crippen LogP contribution in [0.15, 0.2) is 59.1 Å². The Balaban J connectivity index is 2.00. The summed E-state index contributed by atoms with van der Waals surface area (Å²) in [6.07, 6.45) is 0.819. The smallest absolute Gasteiger partial charge is 0.315 e. The van der Waals surface area contributed by atoms with E-state index in [1.165, 1.54) is 0 Å². The molecule has 1 unspecified atom stereocenters. The van der Waals surface area contributed by atoms with Crippen molar-refractivity contribution in [3.63, 3.8) is 0 Å². The number of rotatable bonds is 5. The fourth-order valence-corrected chi connectivity index (χ4v) is 2.71. The first-order valence-corrected chi connectivity index (χ1v) is 8.19. The van der Waals surface area contributed by atoms with Crippen LogP contribution in [0.25, 0.3) is 0 Å². The summed E-state index contributed by atoms with van der Waals surface area (Å²) in [6.45, 7) is 4.60. The molecule has 0 radical (unpaired) electrons. The van der Waals surface area contributed by atoms with Gasteiger partial charge in [0.25, 0.3) is 0 Å². The number of amides is 2. The van der Waals surface area contributed by atoms with E-state index in [4.69, 9.17) is 0 Å². The quantitative estimate of drug-likeness (QED) is 0.805. The molecular weight excluding hydrogens is 340 g/mol. The lowest BCUT2D eigenvalue weighted by molar-refractivity contribution is 0.225. The van der Waals surface area contributed by atoms with Gasteiger partial charge in [-0.05, 0) is 30.5 Å². The third-order valence-electron chi connectivity index (χ3n) is 3.90. The molecule has 2 aromatic carbocycles. The minimum atomic E-state index is -0.376. The van der Waals surface area contributed by atoms with Gasteiger partial charge in [-0.2, -0.15) is 0 Å². The molecule has 2 N–H and O–H groups in total. The monoisotopic (exact) mass is 360 g/mol. The predicted molar refractivity (Wildman–Crippen MR) is 93.6 cm³/mol. The highest BCUT2D eigenvalue weighted by Gasteiger charge is 2.26. The van der Waals surface area contributed by atoms with Gasteiger partial charge in [-0.15, -0.1) is 0 Å². The van der Waals surface area contributed by atoms with E-state index in [1.807, 2.05) is 61.5 Å². The third kappa shape index (κ3) is 4.10. The van der Waals surface area contributed by atoms with Gasteiger partial charge in [0.05, 0.1) is 5.54 Å². The van der Waals surface area contributed by atoms with Crippen LogP contribution in [0, 0.1) is 0 Å². The Morgan fingerprint density at radius 2 is 1.73 bits per heavy atom. The predicted octanol–water partition coefficient (Wildman–Crippen LogP) is 4.57. The third-order valence-corrected chi connectivity index (χ3v) is 4.68. The molecular formula is C18H21BrN2O. The Hall–Kier alpha value is -1.81. The summed E-state index contributed by atoms with van der Waals surface area (Å²) in [5, 5.41) is 6.00. The molecule has 4 heteroatoms. The summed E-state index contributed by atoms with van der Waals surface area (Å²) in [5.41, 5.74) is 1.78. The summed E-state index contributed by atoms with van der Waals surface area (Å²) < 4.78 is 0.997. The number of carbonyl (C=O) groups is 1. The Morgan fingerprint density at radius 1 is 1.09 bits per heavy atom. The molecule has 0 aliphatic rings. The number of hydrogen-bond donors (Lipinski definition) is 2. The number of benzene rings is 2. The Morgan fingerprint density at radius 3 is 2.36 bits per heavy atom. The molecule has 0 fully saturated rings. The normalized spacial score (nSPS) is 13.2. The lowest BCUT2D eigenvalue weighted by Crippen LogP contribution is -2.47. The van der Waals surface area contributed by atoms with Crippen LogP contribution in [0.4, 0.5) is 4.79 Å². The summed E-state index contributed by atoms with van der Waals surface area (Å²) in [5.74, 6) is 0. The SMILES string of the molecule is CCC(C)(NC(=O)NCc1ccccc1Br)c1ccccc1. The van der Waals surface area contributed by atoms with Gasteiger partial charge in [-0.25, -0.2) is 4.79 Å². The van der Waals surface area contributed by atoms with Crippen LogP contribution in [0.1, 0.15) is 31.4 Å². The Kier molecular flexibility index (Phi) is 5.61. The Labute approximate surface area is 140 Å². The van der Waals surface area contributed by atoms with Crippen molar-refractivity contribution in [2.75, 3.05) is 0 Å². The number of halogens is 1. The molecule has 0 heterocycles. The maximum atomic E-state index is 12.2. The van der Waals surface area contributed by atoms with Crippen LogP contribution in [0.5, 0.6) is 0 Å². The fraction of sp³-hybridized carbons (Fsp3) is 0.278. The average Bonchev–Trinajstić information content (AvgIpc) is 2.55. The molecule has 2 amide bonds. The fourth-order valence-electron chi connectivity index (χ4n) is 2.28. The molecule has 116 valence electrons. The maximum Gasteiger partial charge on any atom is 0.315 e. The zero-order valence-electron chi connectivity index (χ0n) is 12.9. The van der Waals surface area contributed by atoms with Gasteiger partial charge in [0.15, 0.2) is 0 Å². The topological polar surface area (TPSA) is 41.1 Å². The van der Waals surface area contributed by atoms with E-state index in [1.54, 1.807) is 0 Å². The second-order valence-corrected chi connectivity index (χ2v) is 6.31. The van der Waals surface area contributed by atoms with Crippen molar-refractivity contribution in [2.45, 2.75) is 32.4 Å². The van der Waals surface area contributed by atoms with Crippen LogP contribution >= 0.6 is 15.9 Å². The zero-order chi connectivity index (χ0) is 16.0. The van der Waals surface area contributed by atoms with Crippen LogP contribution in [-0.2, 0) is 12.1 Å². The van der Waals surface area contributed by atoms with Crippen molar-refractivity contribution in [1.82, 2.24) is 10.6 Å². The molecule has 0 aromatic heterocycles. The molecule has 2 rings (SSSR count). The van der Waals surface area contributed by atoms with Crippen LogP contribution < -0.4 is 10.6 Å². The van der Waals surface area contributed by atoms with E-state index in [0.29, 0.717) is 6.54 Å². The molecule has 3 nitrogen and oxygen atoms in total. The molecule has 0 spiro atoms. The summed E-state index contributed by atoms with van der Waals surface area (Å²) in [7, 11) is 0. The van der Waals surface area contributed by atoms with Crippen LogP contribution in [0.3, 0.4) is 0 Å². The van der Waals surface area contributed by atoms with E-state index < -0.39 is 0 Å². The highest BCUT2D eigenvalue weighted by Crippen LogP contribution is 2.24. The summed E-state index contributed by atoms with van der Waals surface area (Å²) in [4.78, 5) is 12.2. The van der Waals surface area contributed by atoms with Crippen molar-refractivity contribution in [2.24, 2.45) is 0 Å². The molecule has 0 aliphatic carbocycles. The molecule has 22 heavy (non-hydrogen) atoms. The second kappa shape index (κ2) is 7.45. The van der Waals surface area contributed by atoms with Gasteiger partial charge in [-0.1, -0.05) is 71.4 Å². The van der Waals surface area contributed by atoms with Crippen molar-refractivity contribution in [1.29, 1.82) is 0 Å². The summed E-state index contributed by atoms with van der Waals surface area (Å²) >= 11 is 3.49. The minimum Gasteiger partial charge on any atom is -0.334 e. The molecule has 0 saturated carbocycles. The van der Waals surface area contributed by atoms with Crippen molar-refractivity contribution in [3.05, 3.63) is 70.2 Å². The highest BCUT2D eigenvalue weighted by molar-refractivity contribution is 9.10. The lowest BCUT2D eigenvalue weighted by Gasteiger charge is -2.30. The van der Waals surface area contributed by atoms with Crippen LogP contribution in [-0.4, -0.2) is 6.03 Å². The van der Waals surface area contributed by atoms with E-state index in [9.17, 15) is 4.79 Å². The molecule has 2 aromatic rings. The first kappa shape index (κ1) is 16.6. The van der Waals surface area contributed by atoms with Gasteiger partial charge >= 0.3 is 6.03 Å². The van der Waals surface area contributed by atoms with Gasteiger partial charge in [0.2, 0.25) is 0 Å². The van der Waals surface area contributed by atoms with Gasteiger partial charge in [0.1, 0.15) is 0 Å². The largest absolute Gasteiger partial charge is 0.334 e. The van der Waals surface area contributed by atoms with E-state index in [-0.39, 0.29) is 11.6 Å².